The van der Waals surface area contributed by atoms with Crippen molar-refractivity contribution in [3.05, 3.63) is 29.6 Å². The van der Waals surface area contributed by atoms with E-state index >= 15 is 0 Å². The van der Waals surface area contributed by atoms with Gasteiger partial charge in [0.25, 0.3) is 0 Å². The molecule has 0 unspecified atom stereocenters. The van der Waals surface area contributed by atoms with Crippen molar-refractivity contribution in [2.24, 2.45) is 5.92 Å². The monoisotopic (exact) mass is 236 g/mol. The lowest BCUT2D eigenvalue weighted by Gasteiger charge is -2.04. The molecule has 1 aliphatic carbocycles. The molecular weight excluding hydrogens is 222 g/mol. The van der Waals surface area contributed by atoms with Gasteiger partial charge in [0.2, 0.25) is 0 Å². The number of fused-ring (bicyclic) bond motifs is 1. The van der Waals surface area contributed by atoms with Crippen molar-refractivity contribution in [3.63, 3.8) is 0 Å². The summed E-state index contributed by atoms with van der Waals surface area (Å²) in [5.74, 6) is -0.271. The number of aromatic amines is 1. The molecule has 1 heterocycles. The molecular formula is C13H14F2N2. The third-order valence-electron chi connectivity index (χ3n) is 3.55. The van der Waals surface area contributed by atoms with Crippen LogP contribution in [0.3, 0.4) is 0 Å². The molecule has 1 aliphatic rings. The number of rotatable bonds is 2. The van der Waals surface area contributed by atoms with E-state index < -0.39 is 11.6 Å². The van der Waals surface area contributed by atoms with Crippen LogP contribution in [0.1, 0.15) is 31.5 Å². The Labute approximate surface area is 98.1 Å². The summed E-state index contributed by atoms with van der Waals surface area (Å²) in [6.45, 7) is 0. The molecule has 0 radical (unpaired) electrons. The second kappa shape index (κ2) is 4.09. The molecule has 1 N–H and O–H groups in total. The van der Waals surface area contributed by atoms with Crippen LogP contribution in [0.2, 0.25) is 0 Å². The number of nitrogens with one attached hydrogen (secondary N) is 1. The van der Waals surface area contributed by atoms with Crippen LogP contribution >= 0.6 is 0 Å². The van der Waals surface area contributed by atoms with Crippen LogP contribution in [-0.4, -0.2) is 9.97 Å². The molecule has 3 rings (SSSR count). The zero-order chi connectivity index (χ0) is 11.8. The van der Waals surface area contributed by atoms with Crippen LogP contribution in [0.25, 0.3) is 11.0 Å². The number of hydrogen-bond donors (Lipinski definition) is 1. The number of aromatic nitrogens is 2. The van der Waals surface area contributed by atoms with Gasteiger partial charge in [0.1, 0.15) is 11.3 Å². The number of H-pyrrole nitrogens is 1. The van der Waals surface area contributed by atoms with Gasteiger partial charge in [-0.25, -0.2) is 13.8 Å². The number of nitrogens with zero attached hydrogens (tertiary/aromatic N) is 1. The Kier molecular flexibility index (Phi) is 2.57. The van der Waals surface area contributed by atoms with Gasteiger partial charge in [0.05, 0.1) is 5.52 Å². The molecule has 2 nitrogen and oxygen atoms in total. The molecule has 17 heavy (non-hydrogen) atoms. The molecule has 0 spiro atoms. The topological polar surface area (TPSA) is 28.7 Å². The highest BCUT2D eigenvalue weighted by atomic mass is 19.2. The number of halogens is 2. The number of imidazole rings is 1. The Morgan fingerprint density at radius 3 is 2.76 bits per heavy atom. The summed E-state index contributed by atoms with van der Waals surface area (Å²) < 4.78 is 26.5. The summed E-state index contributed by atoms with van der Waals surface area (Å²) in [7, 11) is 0. The molecule has 1 saturated carbocycles. The fraction of sp³-hybridized carbons (Fsp3) is 0.462. The second-order valence-electron chi connectivity index (χ2n) is 4.80. The summed E-state index contributed by atoms with van der Waals surface area (Å²) in [6.07, 6.45) is 5.82. The number of hydrogen-bond acceptors (Lipinski definition) is 1. The quantitative estimate of drug-likeness (QED) is 0.848. The Hall–Kier alpha value is -1.45. The normalized spacial score (nSPS) is 17.1. The van der Waals surface area contributed by atoms with Gasteiger partial charge in [-0.05, 0) is 18.1 Å². The Morgan fingerprint density at radius 1 is 1.24 bits per heavy atom. The average molecular weight is 236 g/mol. The zero-order valence-electron chi connectivity index (χ0n) is 9.47. The second-order valence-corrected chi connectivity index (χ2v) is 4.80. The molecule has 0 saturated heterocycles. The van der Waals surface area contributed by atoms with E-state index in [9.17, 15) is 8.78 Å². The standard InChI is InChI=1S/C13H14F2N2/c14-9-5-6-10-13(12(9)15)17-11(16-10)7-8-3-1-2-4-8/h5-6,8H,1-4,7H2,(H,16,17). The minimum atomic E-state index is -0.851. The van der Waals surface area contributed by atoms with Crippen molar-refractivity contribution in [2.45, 2.75) is 32.1 Å². The Balaban J connectivity index is 1.93. The lowest BCUT2D eigenvalue weighted by atomic mass is 10.0. The minimum absolute atomic E-state index is 0.123. The van der Waals surface area contributed by atoms with Crippen molar-refractivity contribution in [1.29, 1.82) is 0 Å². The van der Waals surface area contributed by atoms with Crippen molar-refractivity contribution in [3.8, 4) is 0 Å². The highest BCUT2D eigenvalue weighted by molar-refractivity contribution is 5.75. The minimum Gasteiger partial charge on any atom is -0.342 e. The Morgan fingerprint density at radius 2 is 2.00 bits per heavy atom. The SMILES string of the molecule is Fc1ccc2[nH]c(CC3CCCC3)nc2c1F. The van der Waals surface area contributed by atoms with E-state index in [4.69, 9.17) is 0 Å². The third kappa shape index (κ3) is 1.92. The van der Waals surface area contributed by atoms with E-state index in [2.05, 4.69) is 9.97 Å². The highest BCUT2D eigenvalue weighted by Crippen LogP contribution is 2.28. The third-order valence-corrected chi connectivity index (χ3v) is 3.55. The first-order chi connectivity index (χ1) is 8.24. The van der Waals surface area contributed by atoms with E-state index in [1.807, 2.05) is 0 Å². The maximum atomic E-state index is 13.5. The van der Waals surface area contributed by atoms with Gasteiger partial charge in [0.15, 0.2) is 11.6 Å². The van der Waals surface area contributed by atoms with Crippen LogP contribution in [0.15, 0.2) is 12.1 Å². The van der Waals surface area contributed by atoms with Gasteiger partial charge in [-0.3, -0.25) is 0 Å². The Bertz CT molecular complexity index is 542. The van der Waals surface area contributed by atoms with Gasteiger partial charge in [0, 0.05) is 6.42 Å². The maximum absolute atomic E-state index is 13.5. The van der Waals surface area contributed by atoms with Crippen LogP contribution in [0.5, 0.6) is 0 Å². The van der Waals surface area contributed by atoms with Crippen LogP contribution < -0.4 is 0 Å². The molecule has 0 atom stereocenters. The zero-order valence-corrected chi connectivity index (χ0v) is 9.47. The van der Waals surface area contributed by atoms with Gasteiger partial charge in [-0.1, -0.05) is 25.7 Å². The first-order valence-electron chi connectivity index (χ1n) is 6.06. The van der Waals surface area contributed by atoms with Crippen molar-refractivity contribution < 1.29 is 8.78 Å². The molecule has 1 fully saturated rings. The summed E-state index contributed by atoms with van der Waals surface area (Å²) in [5, 5.41) is 0. The molecule has 0 bridgehead atoms. The lowest BCUT2D eigenvalue weighted by molar-refractivity contribution is 0.514. The highest BCUT2D eigenvalue weighted by Gasteiger charge is 2.18. The number of benzene rings is 1. The summed E-state index contributed by atoms with van der Waals surface area (Å²) >= 11 is 0. The first-order valence-corrected chi connectivity index (χ1v) is 6.06. The lowest BCUT2D eigenvalue weighted by Crippen LogP contribution is -2.00. The average Bonchev–Trinajstić information content (AvgIpc) is 2.93. The van der Waals surface area contributed by atoms with E-state index in [1.165, 1.54) is 25.7 Å². The van der Waals surface area contributed by atoms with Crippen molar-refractivity contribution in [2.75, 3.05) is 0 Å². The molecule has 0 aliphatic heterocycles. The smallest absolute Gasteiger partial charge is 0.186 e. The first kappa shape index (κ1) is 10.7. The van der Waals surface area contributed by atoms with Gasteiger partial charge in [-0.15, -0.1) is 0 Å². The van der Waals surface area contributed by atoms with Crippen LogP contribution in [0, 0.1) is 17.6 Å². The largest absolute Gasteiger partial charge is 0.342 e. The predicted molar refractivity (Wildman–Crippen MR) is 61.7 cm³/mol. The van der Waals surface area contributed by atoms with Gasteiger partial charge >= 0.3 is 0 Å². The molecule has 0 amide bonds. The predicted octanol–water partition coefficient (Wildman–Crippen LogP) is 3.57. The molecule has 1 aromatic carbocycles. The van der Waals surface area contributed by atoms with E-state index in [1.54, 1.807) is 6.07 Å². The van der Waals surface area contributed by atoms with Gasteiger partial charge < -0.3 is 4.98 Å². The van der Waals surface area contributed by atoms with E-state index in [0.717, 1.165) is 18.3 Å². The van der Waals surface area contributed by atoms with Crippen LogP contribution in [-0.2, 0) is 6.42 Å². The molecule has 4 heteroatoms. The molecule has 1 aromatic heterocycles. The van der Waals surface area contributed by atoms with Crippen molar-refractivity contribution >= 4 is 11.0 Å². The summed E-state index contributed by atoms with van der Waals surface area (Å²) in [6, 6.07) is 2.67. The summed E-state index contributed by atoms with van der Waals surface area (Å²) in [4.78, 5) is 7.24. The molecule has 90 valence electrons. The molecule has 2 aromatic rings. The maximum Gasteiger partial charge on any atom is 0.186 e. The van der Waals surface area contributed by atoms with Crippen molar-refractivity contribution in [1.82, 2.24) is 9.97 Å². The van der Waals surface area contributed by atoms with E-state index in [0.29, 0.717) is 11.4 Å². The fourth-order valence-corrected chi connectivity index (χ4v) is 2.65. The fourth-order valence-electron chi connectivity index (χ4n) is 2.65. The summed E-state index contributed by atoms with van der Waals surface area (Å²) in [5.41, 5.74) is 0.704. The van der Waals surface area contributed by atoms with Gasteiger partial charge in [-0.2, -0.15) is 0 Å². The van der Waals surface area contributed by atoms with Crippen LogP contribution in [0.4, 0.5) is 8.78 Å². The van der Waals surface area contributed by atoms with E-state index in [-0.39, 0.29) is 5.52 Å².